The first-order valence-electron chi connectivity index (χ1n) is 3.28. The molecule has 1 rings (SSSR count). The van der Waals surface area contributed by atoms with Gasteiger partial charge >= 0.3 is 0 Å². The molecule has 0 bridgehead atoms. The van der Waals surface area contributed by atoms with Crippen molar-refractivity contribution in [3.8, 4) is 0 Å². The summed E-state index contributed by atoms with van der Waals surface area (Å²) in [6.07, 6.45) is 0. The quantitative estimate of drug-likeness (QED) is 0.356. The van der Waals surface area contributed by atoms with Gasteiger partial charge in [0.15, 0.2) is 0 Å². The van der Waals surface area contributed by atoms with Gasteiger partial charge in [-0.25, -0.2) is 0 Å². The lowest BCUT2D eigenvalue weighted by Crippen LogP contribution is -2.09. The van der Waals surface area contributed by atoms with Crippen LogP contribution >= 0.6 is 0 Å². The van der Waals surface area contributed by atoms with Gasteiger partial charge in [0, 0.05) is 12.1 Å². The van der Waals surface area contributed by atoms with E-state index in [4.69, 9.17) is 0 Å². The van der Waals surface area contributed by atoms with Crippen molar-refractivity contribution in [3.05, 3.63) is 34.4 Å². The number of hydrogen-bond donors (Lipinski definition) is 0. The molecule has 0 saturated heterocycles. The third kappa shape index (κ3) is 1.80. The molecule has 1 aromatic rings. The minimum absolute atomic E-state index is 0.139. The number of benzene rings is 1. The molecule has 1 radical (unpaired) electrons. The van der Waals surface area contributed by atoms with Crippen LogP contribution in [0.1, 0.15) is 0 Å². The largest absolute Gasteiger partial charge is 0.268 e. The Labute approximate surface area is 65.4 Å². The lowest BCUT2D eigenvalue weighted by molar-refractivity contribution is -0.384. The van der Waals surface area contributed by atoms with Gasteiger partial charge in [0.25, 0.3) is 5.69 Å². The second-order valence-electron chi connectivity index (χ2n) is 2.14. The highest BCUT2D eigenvalue weighted by molar-refractivity contribution is 6.52. The highest BCUT2D eigenvalue weighted by Crippen LogP contribution is 2.05. The lowest BCUT2D eigenvalue weighted by Gasteiger charge is -1.93. The van der Waals surface area contributed by atoms with E-state index in [9.17, 15) is 10.1 Å². The molecule has 0 spiro atoms. The number of nitro benzene ring substituents is 1. The average Bonchev–Trinajstić information content (AvgIpc) is 2.05. The minimum atomic E-state index is -0.396. The Morgan fingerprint density at radius 1 is 1.55 bits per heavy atom. The van der Waals surface area contributed by atoms with Crippen LogP contribution in [0.3, 0.4) is 0 Å². The standard InChI is InChI=1S/C7H7BNO2/c1-8-6-3-2-4-7(5-6)9(10)11/h2-5H,1H3. The molecule has 11 heavy (non-hydrogen) atoms. The molecule has 0 heterocycles. The van der Waals surface area contributed by atoms with E-state index in [1.807, 2.05) is 20.2 Å². The topological polar surface area (TPSA) is 43.1 Å². The van der Waals surface area contributed by atoms with Crippen molar-refractivity contribution < 1.29 is 4.92 Å². The molecule has 0 N–H and O–H groups in total. The zero-order valence-corrected chi connectivity index (χ0v) is 6.15. The molecular formula is C7H7BNO2. The normalized spacial score (nSPS) is 9.18. The highest BCUT2D eigenvalue weighted by atomic mass is 16.6. The Kier molecular flexibility index (Phi) is 2.26. The van der Waals surface area contributed by atoms with Gasteiger partial charge in [0.05, 0.1) is 4.92 Å². The molecular weight excluding hydrogens is 141 g/mol. The van der Waals surface area contributed by atoms with E-state index in [1.54, 1.807) is 12.1 Å². The summed E-state index contributed by atoms with van der Waals surface area (Å²) in [5, 5.41) is 10.3. The van der Waals surface area contributed by atoms with Crippen molar-refractivity contribution in [1.29, 1.82) is 0 Å². The Bertz CT molecular complexity index is 275. The molecule has 1 aromatic carbocycles. The Balaban J connectivity index is 3.01. The van der Waals surface area contributed by atoms with Gasteiger partial charge in [-0.3, -0.25) is 10.1 Å². The van der Waals surface area contributed by atoms with Crippen molar-refractivity contribution >= 4 is 18.4 Å². The maximum atomic E-state index is 10.3. The zero-order valence-electron chi connectivity index (χ0n) is 6.15. The van der Waals surface area contributed by atoms with Gasteiger partial charge in [-0.1, -0.05) is 24.4 Å². The Morgan fingerprint density at radius 3 is 2.82 bits per heavy atom. The second kappa shape index (κ2) is 3.19. The zero-order chi connectivity index (χ0) is 8.27. The fraction of sp³-hybridized carbons (Fsp3) is 0.143. The molecule has 0 unspecified atom stereocenters. The lowest BCUT2D eigenvalue weighted by atomic mass is 9.73. The molecule has 0 saturated carbocycles. The summed E-state index contributed by atoms with van der Waals surface area (Å²) in [6.45, 7) is 1.85. The SMILES string of the molecule is C[B]c1cccc([N+](=O)[O-])c1. The van der Waals surface area contributed by atoms with Gasteiger partial charge in [-0.05, 0) is 0 Å². The van der Waals surface area contributed by atoms with E-state index in [2.05, 4.69) is 0 Å². The molecule has 0 aliphatic rings. The number of rotatable bonds is 2. The van der Waals surface area contributed by atoms with Crippen molar-refractivity contribution in [2.24, 2.45) is 0 Å². The first-order valence-corrected chi connectivity index (χ1v) is 3.28. The van der Waals surface area contributed by atoms with Crippen LogP contribution in [0.5, 0.6) is 0 Å². The van der Waals surface area contributed by atoms with Crippen molar-refractivity contribution in [2.45, 2.75) is 6.82 Å². The van der Waals surface area contributed by atoms with E-state index in [1.165, 1.54) is 6.07 Å². The summed E-state index contributed by atoms with van der Waals surface area (Å²) in [5.41, 5.74) is 1.01. The predicted octanol–water partition coefficient (Wildman–Crippen LogP) is 0.972. The van der Waals surface area contributed by atoms with E-state index in [0.717, 1.165) is 5.46 Å². The molecule has 4 heteroatoms. The molecule has 0 aromatic heterocycles. The highest BCUT2D eigenvalue weighted by Gasteiger charge is 2.03. The molecule has 0 fully saturated rings. The van der Waals surface area contributed by atoms with Crippen LogP contribution in [-0.2, 0) is 0 Å². The van der Waals surface area contributed by atoms with Crippen molar-refractivity contribution in [2.75, 3.05) is 0 Å². The maximum Gasteiger partial charge on any atom is 0.268 e. The molecule has 0 aliphatic carbocycles. The van der Waals surface area contributed by atoms with Crippen molar-refractivity contribution in [3.63, 3.8) is 0 Å². The van der Waals surface area contributed by atoms with Crippen molar-refractivity contribution in [1.82, 2.24) is 0 Å². The fourth-order valence-corrected chi connectivity index (χ4v) is 0.818. The van der Waals surface area contributed by atoms with Gasteiger partial charge < -0.3 is 0 Å². The monoisotopic (exact) mass is 148 g/mol. The summed E-state index contributed by atoms with van der Waals surface area (Å²) in [5.74, 6) is 0. The fourth-order valence-electron chi connectivity index (χ4n) is 0.818. The predicted molar refractivity (Wildman–Crippen MR) is 44.3 cm³/mol. The van der Waals surface area contributed by atoms with Crippen LogP contribution in [0, 0.1) is 10.1 Å². The van der Waals surface area contributed by atoms with E-state index >= 15 is 0 Å². The number of nitrogens with zero attached hydrogens (tertiary/aromatic N) is 1. The summed E-state index contributed by atoms with van der Waals surface area (Å²) in [7, 11) is 1.83. The molecule has 0 atom stereocenters. The van der Waals surface area contributed by atoms with Gasteiger partial charge in [0.2, 0.25) is 0 Å². The number of nitro groups is 1. The van der Waals surface area contributed by atoms with Gasteiger partial charge in [-0.2, -0.15) is 0 Å². The Hall–Kier alpha value is -1.32. The van der Waals surface area contributed by atoms with Crippen LogP contribution in [-0.4, -0.2) is 12.2 Å². The van der Waals surface area contributed by atoms with Crippen LogP contribution in [0.4, 0.5) is 5.69 Å². The summed E-state index contributed by atoms with van der Waals surface area (Å²) in [4.78, 5) is 9.86. The molecule has 0 aliphatic heterocycles. The number of hydrogen-bond acceptors (Lipinski definition) is 2. The van der Waals surface area contributed by atoms with Gasteiger partial charge in [-0.15, -0.1) is 0 Å². The first-order chi connectivity index (χ1) is 5.24. The van der Waals surface area contributed by atoms with E-state index in [0.29, 0.717) is 0 Å². The van der Waals surface area contributed by atoms with Crippen LogP contribution in [0.25, 0.3) is 0 Å². The third-order valence-electron chi connectivity index (χ3n) is 1.41. The maximum absolute atomic E-state index is 10.3. The van der Waals surface area contributed by atoms with E-state index in [-0.39, 0.29) is 5.69 Å². The average molecular weight is 148 g/mol. The second-order valence-corrected chi connectivity index (χ2v) is 2.14. The Morgan fingerprint density at radius 2 is 2.27 bits per heavy atom. The third-order valence-corrected chi connectivity index (χ3v) is 1.41. The molecule has 55 valence electrons. The van der Waals surface area contributed by atoms with Gasteiger partial charge in [0.1, 0.15) is 7.28 Å². The summed E-state index contributed by atoms with van der Waals surface area (Å²) >= 11 is 0. The smallest absolute Gasteiger partial charge is 0.258 e. The first kappa shape index (κ1) is 7.79. The summed E-state index contributed by atoms with van der Waals surface area (Å²) < 4.78 is 0. The van der Waals surface area contributed by atoms with Crippen LogP contribution < -0.4 is 5.46 Å². The number of non-ortho nitro benzene ring substituents is 1. The molecule has 0 amide bonds. The van der Waals surface area contributed by atoms with E-state index < -0.39 is 4.92 Å². The summed E-state index contributed by atoms with van der Waals surface area (Å²) in [6, 6.07) is 6.52. The minimum Gasteiger partial charge on any atom is -0.258 e. The van der Waals surface area contributed by atoms with Crippen LogP contribution in [0.15, 0.2) is 24.3 Å². The van der Waals surface area contributed by atoms with Crippen LogP contribution in [0.2, 0.25) is 6.82 Å². The molecule has 3 nitrogen and oxygen atoms in total.